The molecule has 3 aromatic rings. The molecule has 30 heavy (non-hydrogen) atoms. The summed E-state index contributed by atoms with van der Waals surface area (Å²) in [6.45, 7) is -0.213. The standard InChI is InChI=1S/C17H15F4N7O2/c1-30-16-22-6-10(7-23-16)28(8-9-5-12(15(20)21)27-26-9)17(29)25-13-4-2-3-11(24-13)14(18)19/h2-7,14-15H,8H2,1H3,(H,26,27)(H,24,25,29). The van der Waals surface area contributed by atoms with Crippen LogP contribution in [-0.2, 0) is 6.54 Å². The van der Waals surface area contributed by atoms with Gasteiger partial charge in [0.05, 0.1) is 37.4 Å². The number of hydrogen-bond acceptors (Lipinski definition) is 6. The first kappa shape index (κ1) is 21.0. The van der Waals surface area contributed by atoms with Gasteiger partial charge >= 0.3 is 12.0 Å². The first-order chi connectivity index (χ1) is 14.4. The molecule has 0 aliphatic heterocycles. The van der Waals surface area contributed by atoms with E-state index in [9.17, 15) is 22.4 Å². The van der Waals surface area contributed by atoms with Crippen molar-refractivity contribution in [2.24, 2.45) is 0 Å². The molecule has 13 heteroatoms. The van der Waals surface area contributed by atoms with Gasteiger partial charge in [-0.1, -0.05) is 6.07 Å². The van der Waals surface area contributed by atoms with Crippen LogP contribution in [0.1, 0.15) is 29.9 Å². The van der Waals surface area contributed by atoms with Crippen LogP contribution in [0, 0.1) is 0 Å². The van der Waals surface area contributed by atoms with Crippen LogP contribution in [0.5, 0.6) is 6.01 Å². The number of anilines is 2. The Kier molecular flexibility index (Phi) is 6.39. The minimum atomic E-state index is -2.81. The van der Waals surface area contributed by atoms with Crippen molar-refractivity contribution in [3.8, 4) is 6.01 Å². The largest absolute Gasteiger partial charge is 0.467 e. The Morgan fingerprint density at radius 3 is 2.47 bits per heavy atom. The van der Waals surface area contributed by atoms with E-state index in [2.05, 4.69) is 30.5 Å². The molecule has 9 nitrogen and oxygen atoms in total. The molecule has 2 N–H and O–H groups in total. The van der Waals surface area contributed by atoms with Crippen molar-refractivity contribution in [2.45, 2.75) is 19.4 Å². The molecule has 3 aromatic heterocycles. The Morgan fingerprint density at radius 2 is 1.87 bits per heavy atom. The zero-order chi connectivity index (χ0) is 21.7. The molecule has 0 aliphatic rings. The molecular weight excluding hydrogens is 410 g/mol. The number of aromatic amines is 1. The summed E-state index contributed by atoms with van der Waals surface area (Å²) in [5, 5.41) is 8.29. The van der Waals surface area contributed by atoms with Gasteiger partial charge in [-0.2, -0.15) is 5.10 Å². The number of halogens is 4. The Bertz CT molecular complexity index is 998. The van der Waals surface area contributed by atoms with E-state index in [1.165, 1.54) is 31.6 Å². The summed E-state index contributed by atoms with van der Waals surface area (Å²) in [4.78, 5) is 25.4. The smallest absolute Gasteiger partial charge is 0.327 e. The molecule has 0 saturated carbocycles. The third kappa shape index (κ3) is 4.98. The molecular formula is C17H15F4N7O2. The highest BCUT2D eigenvalue weighted by atomic mass is 19.3. The van der Waals surface area contributed by atoms with E-state index in [1.54, 1.807) is 0 Å². The zero-order valence-corrected chi connectivity index (χ0v) is 15.4. The van der Waals surface area contributed by atoms with Gasteiger partial charge in [-0.3, -0.25) is 15.3 Å². The third-order valence-corrected chi connectivity index (χ3v) is 3.79. The normalized spacial score (nSPS) is 11.0. The maximum absolute atomic E-state index is 12.8. The van der Waals surface area contributed by atoms with Gasteiger partial charge in [0.15, 0.2) is 0 Å². The number of hydrogen-bond donors (Lipinski definition) is 2. The van der Waals surface area contributed by atoms with E-state index >= 15 is 0 Å². The number of carbonyl (C=O) groups excluding carboxylic acids is 1. The van der Waals surface area contributed by atoms with Gasteiger partial charge in [0.1, 0.15) is 17.2 Å². The van der Waals surface area contributed by atoms with Crippen LogP contribution in [0.15, 0.2) is 36.7 Å². The maximum Gasteiger partial charge on any atom is 0.327 e. The van der Waals surface area contributed by atoms with Crippen molar-refractivity contribution in [3.63, 3.8) is 0 Å². The molecule has 158 valence electrons. The molecule has 0 radical (unpaired) electrons. The van der Waals surface area contributed by atoms with Crippen LogP contribution in [0.25, 0.3) is 0 Å². The van der Waals surface area contributed by atoms with Crippen LogP contribution >= 0.6 is 0 Å². The SMILES string of the molecule is COc1ncc(N(Cc2cc(C(F)F)n[nH]2)C(=O)Nc2cccc(C(F)F)n2)cn1. The summed E-state index contributed by atoms with van der Waals surface area (Å²) in [6.07, 6.45) is -3.05. The maximum atomic E-state index is 12.8. The molecule has 3 heterocycles. The van der Waals surface area contributed by atoms with E-state index in [4.69, 9.17) is 4.74 Å². The molecule has 0 aliphatic carbocycles. The fraction of sp³-hybridized carbons (Fsp3) is 0.235. The predicted molar refractivity (Wildman–Crippen MR) is 96.5 cm³/mol. The Balaban J connectivity index is 1.87. The highest BCUT2D eigenvalue weighted by molar-refractivity contribution is 6.00. The van der Waals surface area contributed by atoms with Crippen molar-refractivity contribution in [2.75, 3.05) is 17.3 Å². The summed E-state index contributed by atoms with van der Waals surface area (Å²) in [5.74, 6) is -0.116. The van der Waals surface area contributed by atoms with Crippen molar-refractivity contribution in [1.82, 2.24) is 25.1 Å². The quantitative estimate of drug-likeness (QED) is 0.559. The van der Waals surface area contributed by atoms with Gasteiger partial charge in [-0.25, -0.2) is 37.3 Å². The molecule has 0 spiro atoms. The van der Waals surface area contributed by atoms with Crippen molar-refractivity contribution in [3.05, 3.63) is 53.7 Å². The molecule has 0 saturated heterocycles. The van der Waals surface area contributed by atoms with Gasteiger partial charge in [-0.15, -0.1) is 0 Å². The monoisotopic (exact) mass is 425 g/mol. The molecule has 3 rings (SSSR count). The summed E-state index contributed by atoms with van der Waals surface area (Å²) < 4.78 is 56.2. The summed E-state index contributed by atoms with van der Waals surface area (Å²) in [6, 6.07) is 4.13. The Morgan fingerprint density at radius 1 is 1.17 bits per heavy atom. The van der Waals surface area contributed by atoms with Crippen LogP contribution in [0.4, 0.5) is 33.9 Å². The number of amides is 2. The summed E-state index contributed by atoms with van der Waals surface area (Å²) >= 11 is 0. The zero-order valence-electron chi connectivity index (χ0n) is 15.4. The second kappa shape index (κ2) is 9.15. The van der Waals surface area contributed by atoms with E-state index in [0.29, 0.717) is 0 Å². The van der Waals surface area contributed by atoms with Gasteiger partial charge in [0.2, 0.25) is 0 Å². The number of pyridine rings is 1. The van der Waals surface area contributed by atoms with Crippen molar-refractivity contribution >= 4 is 17.5 Å². The number of ether oxygens (including phenoxy) is 1. The highest BCUT2D eigenvalue weighted by Gasteiger charge is 2.21. The van der Waals surface area contributed by atoms with E-state index in [0.717, 1.165) is 17.0 Å². The van der Waals surface area contributed by atoms with Gasteiger partial charge in [0, 0.05) is 0 Å². The van der Waals surface area contributed by atoms with Crippen molar-refractivity contribution in [1.29, 1.82) is 0 Å². The second-order valence-corrected chi connectivity index (χ2v) is 5.81. The van der Waals surface area contributed by atoms with Crippen LogP contribution < -0.4 is 15.0 Å². The first-order valence-electron chi connectivity index (χ1n) is 8.39. The number of rotatable bonds is 7. The highest BCUT2D eigenvalue weighted by Crippen LogP contribution is 2.22. The Labute approximate surface area is 167 Å². The fourth-order valence-corrected chi connectivity index (χ4v) is 2.40. The van der Waals surface area contributed by atoms with Crippen LogP contribution in [-0.4, -0.2) is 38.3 Å². The van der Waals surface area contributed by atoms with Gasteiger partial charge < -0.3 is 4.74 Å². The molecule has 0 atom stereocenters. The first-order valence-corrected chi connectivity index (χ1v) is 8.39. The number of alkyl halides is 4. The number of H-pyrrole nitrogens is 1. The topological polar surface area (TPSA) is 109 Å². The van der Waals surface area contributed by atoms with E-state index < -0.39 is 30.3 Å². The number of methoxy groups -OCH3 is 1. The predicted octanol–water partition coefficient (Wildman–Crippen LogP) is 3.72. The lowest BCUT2D eigenvalue weighted by atomic mass is 10.3. The lowest BCUT2D eigenvalue weighted by molar-refractivity contribution is 0.145. The number of urea groups is 1. The number of aromatic nitrogens is 5. The Hall–Kier alpha value is -3.77. The number of carbonyl (C=O) groups is 1. The molecule has 0 fully saturated rings. The van der Waals surface area contributed by atoms with E-state index in [-0.39, 0.29) is 29.8 Å². The average Bonchev–Trinajstić information content (AvgIpc) is 3.21. The molecule has 2 amide bonds. The molecule has 0 bridgehead atoms. The van der Waals surface area contributed by atoms with E-state index in [1.807, 2.05) is 0 Å². The minimum absolute atomic E-state index is 0.0481. The van der Waals surface area contributed by atoms with Crippen LogP contribution in [0.2, 0.25) is 0 Å². The number of nitrogens with zero attached hydrogens (tertiary/aromatic N) is 5. The van der Waals surface area contributed by atoms with Crippen molar-refractivity contribution < 1.29 is 27.1 Å². The van der Waals surface area contributed by atoms with Gasteiger partial charge in [-0.05, 0) is 18.2 Å². The molecule has 0 aromatic carbocycles. The summed E-state index contributed by atoms with van der Waals surface area (Å²) in [5.41, 5.74) is -0.609. The van der Waals surface area contributed by atoms with Gasteiger partial charge in [0.25, 0.3) is 12.9 Å². The minimum Gasteiger partial charge on any atom is -0.467 e. The lowest BCUT2D eigenvalue weighted by Crippen LogP contribution is -2.35. The lowest BCUT2D eigenvalue weighted by Gasteiger charge is -2.22. The average molecular weight is 425 g/mol. The third-order valence-electron chi connectivity index (χ3n) is 3.79. The molecule has 0 unspecified atom stereocenters. The number of nitrogens with one attached hydrogen (secondary N) is 2. The summed E-state index contributed by atoms with van der Waals surface area (Å²) in [7, 11) is 1.36. The second-order valence-electron chi connectivity index (χ2n) is 5.81. The van der Waals surface area contributed by atoms with Crippen LogP contribution in [0.3, 0.4) is 0 Å². The fourth-order valence-electron chi connectivity index (χ4n) is 2.40.